The number of carbonyl (C=O) groups is 1. The number of hydrogen-bond donors (Lipinski definition) is 2. The van der Waals surface area contributed by atoms with E-state index in [1.54, 1.807) is 60.7 Å². The summed E-state index contributed by atoms with van der Waals surface area (Å²) in [5.41, 5.74) is 1.91. The van der Waals surface area contributed by atoms with E-state index in [9.17, 15) is 4.79 Å². The number of benzene rings is 2. The molecule has 2 N–H and O–H groups in total. The second-order valence-electron chi connectivity index (χ2n) is 5.06. The molecule has 0 aliphatic heterocycles. The van der Waals surface area contributed by atoms with Gasteiger partial charge in [0.1, 0.15) is 0 Å². The van der Waals surface area contributed by atoms with Gasteiger partial charge in [-0.15, -0.1) is 10.2 Å². The van der Waals surface area contributed by atoms with E-state index in [2.05, 4.69) is 26.9 Å². The van der Waals surface area contributed by atoms with Crippen molar-refractivity contribution in [1.82, 2.24) is 10.2 Å². The summed E-state index contributed by atoms with van der Waals surface area (Å²) in [6, 6.07) is 19.2. The number of rotatable bonds is 4. The van der Waals surface area contributed by atoms with Crippen molar-refractivity contribution in [2.24, 2.45) is 0 Å². The molecule has 0 atom stereocenters. The van der Waals surface area contributed by atoms with Crippen LogP contribution in [-0.2, 0) is 0 Å². The monoisotopic (exact) mass is 349 g/mol. The molecule has 0 saturated heterocycles. The van der Waals surface area contributed by atoms with Crippen molar-refractivity contribution in [3.05, 3.63) is 76.9 Å². The molecule has 0 radical (unpaired) electrons. The molecule has 25 heavy (non-hydrogen) atoms. The Morgan fingerprint density at radius 1 is 1.04 bits per heavy atom. The lowest BCUT2D eigenvalue weighted by Gasteiger charge is -2.07. The van der Waals surface area contributed by atoms with Crippen LogP contribution >= 0.6 is 11.6 Å². The van der Waals surface area contributed by atoms with E-state index in [1.807, 2.05) is 0 Å². The predicted molar refractivity (Wildman–Crippen MR) is 95.9 cm³/mol. The second kappa shape index (κ2) is 7.43. The summed E-state index contributed by atoms with van der Waals surface area (Å²) in [4.78, 5) is 12.2. The molecule has 3 aromatic rings. The molecule has 0 aliphatic rings. The van der Waals surface area contributed by atoms with E-state index in [0.717, 1.165) is 0 Å². The van der Waals surface area contributed by atoms with Crippen molar-refractivity contribution >= 4 is 34.7 Å². The first kappa shape index (κ1) is 16.4. The third kappa shape index (κ3) is 4.10. The summed E-state index contributed by atoms with van der Waals surface area (Å²) in [6.07, 6.45) is 0. The lowest BCUT2D eigenvalue weighted by atomic mass is 10.2. The molecule has 3 rings (SSSR count). The lowest BCUT2D eigenvalue weighted by Crippen LogP contribution is -2.14. The average Bonchev–Trinajstić information content (AvgIpc) is 2.64. The number of anilines is 3. The smallest absolute Gasteiger partial charge is 0.276 e. The standard InChI is InChI=1S/C18H12ClN5O/c19-14-6-1-2-7-15(14)22-18(25)16-8-9-17(24-23-16)21-13-5-3-4-12(10-13)11-20/h1-10H,(H,21,24)(H,22,25). The molecule has 0 spiro atoms. The highest BCUT2D eigenvalue weighted by molar-refractivity contribution is 6.33. The maximum absolute atomic E-state index is 12.2. The van der Waals surface area contributed by atoms with E-state index in [1.165, 1.54) is 0 Å². The SMILES string of the molecule is N#Cc1cccc(Nc2ccc(C(=O)Nc3ccccc3Cl)nn2)c1. The number of nitrogens with one attached hydrogen (secondary N) is 2. The molecule has 0 fully saturated rings. The Kier molecular flexibility index (Phi) is 4.88. The van der Waals surface area contributed by atoms with Crippen LogP contribution in [0.3, 0.4) is 0 Å². The summed E-state index contributed by atoms with van der Waals surface area (Å²) in [6.45, 7) is 0. The van der Waals surface area contributed by atoms with Crippen molar-refractivity contribution in [1.29, 1.82) is 5.26 Å². The summed E-state index contributed by atoms with van der Waals surface area (Å²) in [5, 5.41) is 22.9. The first-order chi connectivity index (χ1) is 12.2. The summed E-state index contributed by atoms with van der Waals surface area (Å²) >= 11 is 6.01. The molecule has 1 heterocycles. The lowest BCUT2D eigenvalue weighted by molar-refractivity contribution is 0.102. The third-order valence-electron chi connectivity index (χ3n) is 3.28. The molecule has 0 bridgehead atoms. The van der Waals surface area contributed by atoms with Gasteiger partial charge in [0.25, 0.3) is 5.91 Å². The van der Waals surface area contributed by atoms with Crippen LogP contribution in [0.4, 0.5) is 17.2 Å². The molecule has 7 heteroatoms. The maximum atomic E-state index is 12.2. The fraction of sp³-hybridized carbons (Fsp3) is 0. The van der Waals surface area contributed by atoms with Gasteiger partial charge in [-0.1, -0.05) is 29.8 Å². The number of nitriles is 1. The van der Waals surface area contributed by atoms with Crippen molar-refractivity contribution in [2.75, 3.05) is 10.6 Å². The molecular formula is C18H12ClN5O. The zero-order valence-electron chi connectivity index (χ0n) is 12.9. The first-order valence-electron chi connectivity index (χ1n) is 7.32. The van der Waals surface area contributed by atoms with Crippen LogP contribution < -0.4 is 10.6 Å². The quantitative estimate of drug-likeness (QED) is 0.743. The van der Waals surface area contributed by atoms with Gasteiger partial charge in [-0.05, 0) is 42.5 Å². The van der Waals surface area contributed by atoms with E-state index < -0.39 is 5.91 Å². The Hall–Kier alpha value is -3.43. The van der Waals surface area contributed by atoms with Crippen molar-refractivity contribution < 1.29 is 4.79 Å². The van der Waals surface area contributed by atoms with E-state index >= 15 is 0 Å². The van der Waals surface area contributed by atoms with Crippen molar-refractivity contribution in [3.63, 3.8) is 0 Å². The van der Waals surface area contributed by atoms with Crippen molar-refractivity contribution in [2.45, 2.75) is 0 Å². The molecule has 0 saturated carbocycles. The van der Waals surface area contributed by atoms with Crippen LogP contribution in [0.25, 0.3) is 0 Å². The minimum absolute atomic E-state index is 0.163. The normalized spacial score (nSPS) is 9.92. The zero-order chi connectivity index (χ0) is 17.6. The number of nitrogens with zero attached hydrogens (tertiary/aromatic N) is 3. The molecule has 122 valence electrons. The molecule has 6 nitrogen and oxygen atoms in total. The molecule has 0 aliphatic carbocycles. The highest BCUT2D eigenvalue weighted by Crippen LogP contribution is 2.21. The number of hydrogen-bond acceptors (Lipinski definition) is 5. The highest BCUT2D eigenvalue weighted by Gasteiger charge is 2.10. The number of amides is 1. The van der Waals surface area contributed by atoms with Gasteiger partial charge in [-0.2, -0.15) is 5.26 Å². The van der Waals surface area contributed by atoms with E-state index in [4.69, 9.17) is 16.9 Å². The van der Waals surface area contributed by atoms with Gasteiger partial charge >= 0.3 is 0 Å². The number of halogens is 1. The number of para-hydroxylation sites is 1. The van der Waals surface area contributed by atoms with E-state index in [0.29, 0.717) is 27.8 Å². The van der Waals surface area contributed by atoms with Crippen LogP contribution in [0, 0.1) is 11.3 Å². The molecule has 1 amide bonds. The fourth-order valence-electron chi connectivity index (χ4n) is 2.08. The third-order valence-corrected chi connectivity index (χ3v) is 3.61. The van der Waals surface area contributed by atoms with Gasteiger partial charge in [0.15, 0.2) is 11.5 Å². The topological polar surface area (TPSA) is 90.7 Å². The van der Waals surface area contributed by atoms with E-state index in [-0.39, 0.29) is 5.69 Å². The average molecular weight is 350 g/mol. The Morgan fingerprint density at radius 3 is 2.60 bits per heavy atom. The van der Waals surface area contributed by atoms with Gasteiger partial charge in [0, 0.05) is 5.69 Å². The largest absolute Gasteiger partial charge is 0.339 e. The maximum Gasteiger partial charge on any atom is 0.276 e. The predicted octanol–water partition coefficient (Wildman–Crippen LogP) is 4.00. The van der Waals surface area contributed by atoms with Crippen LogP contribution in [0.2, 0.25) is 5.02 Å². The summed E-state index contributed by atoms with van der Waals surface area (Å²) < 4.78 is 0. The Balaban J connectivity index is 1.70. The van der Waals surface area contributed by atoms with Crippen LogP contribution in [0.5, 0.6) is 0 Å². The highest BCUT2D eigenvalue weighted by atomic mass is 35.5. The number of carbonyl (C=O) groups excluding carboxylic acids is 1. The Bertz CT molecular complexity index is 950. The van der Waals surface area contributed by atoms with Crippen LogP contribution in [-0.4, -0.2) is 16.1 Å². The zero-order valence-corrected chi connectivity index (χ0v) is 13.7. The number of aromatic nitrogens is 2. The van der Waals surface area contributed by atoms with Crippen LogP contribution in [0.15, 0.2) is 60.7 Å². The Morgan fingerprint density at radius 2 is 1.88 bits per heavy atom. The van der Waals surface area contributed by atoms with Crippen LogP contribution in [0.1, 0.15) is 16.1 Å². The molecule has 1 aromatic heterocycles. The van der Waals surface area contributed by atoms with Gasteiger partial charge in [0.2, 0.25) is 0 Å². The van der Waals surface area contributed by atoms with Gasteiger partial charge < -0.3 is 10.6 Å². The minimum atomic E-state index is -0.404. The first-order valence-corrected chi connectivity index (χ1v) is 7.70. The molecule has 0 unspecified atom stereocenters. The van der Waals surface area contributed by atoms with Gasteiger partial charge in [-0.3, -0.25) is 4.79 Å². The summed E-state index contributed by atoms with van der Waals surface area (Å²) in [5.74, 6) is 0.0583. The fourth-order valence-corrected chi connectivity index (χ4v) is 2.27. The minimum Gasteiger partial charge on any atom is -0.339 e. The second-order valence-corrected chi connectivity index (χ2v) is 5.46. The Labute approximate surface area is 149 Å². The van der Waals surface area contributed by atoms with Gasteiger partial charge in [-0.25, -0.2) is 0 Å². The summed E-state index contributed by atoms with van der Waals surface area (Å²) in [7, 11) is 0. The van der Waals surface area contributed by atoms with Crippen molar-refractivity contribution in [3.8, 4) is 6.07 Å². The molecular weight excluding hydrogens is 338 g/mol. The molecule has 2 aromatic carbocycles. The van der Waals surface area contributed by atoms with Gasteiger partial charge in [0.05, 0.1) is 22.3 Å².